The van der Waals surface area contributed by atoms with E-state index in [2.05, 4.69) is 0 Å². The summed E-state index contributed by atoms with van der Waals surface area (Å²) >= 11 is 1.50. The minimum atomic E-state index is -3.90. The van der Waals surface area contributed by atoms with Crippen molar-refractivity contribution in [1.82, 2.24) is 8.61 Å². The fourth-order valence-corrected chi connectivity index (χ4v) is 12.4. The Labute approximate surface area is 305 Å². The lowest BCUT2D eigenvalue weighted by molar-refractivity contribution is 0.315. The first-order valence-electron chi connectivity index (χ1n) is 17.9. The first-order valence-corrected chi connectivity index (χ1v) is 21.6. The highest BCUT2D eigenvalue weighted by atomic mass is 32.2. The summed E-state index contributed by atoms with van der Waals surface area (Å²) in [6, 6.07) is 29.1. The van der Waals surface area contributed by atoms with E-state index >= 15 is 0 Å². The molecule has 264 valence electrons. The van der Waals surface area contributed by atoms with E-state index in [1.807, 2.05) is 86.6 Å². The summed E-state index contributed by atoms with van der Waals surface area (Å²) in [5, 5.41) is 0. The molecule has 2 aliphatic carbocycles. The van der Waals surface area contributed by atoms with Gasteiger partial charge in [0.1, 0.15) is 11.7 Å². The number of nitrogens with zero attached hydrogens (tertiary/aromatic N) is 4. The van der Waals surface area contributed by atoms with Gasteiger partial charge in [-0.3, -0.25) is 9.98 Å². The van der Waals surface area contributed by atoms with Crippen LogP contribution in [-0.4, -0.2) is 61.3 Å². The van der Waals surface area contributed by atoms with Gasteiger partial charge in [0.25, 0.3) is 20.0 Å². The number of fused-ring (bicyclic) bond motifs is 2. The van der Waals surface area contributed by atoms with E-state index in [-0.39, 0.29) is 34.0 Å². The summed E-state index contributed by atoms with van der Waals surface area (Å²) in [5.41, 5.74) is 3.48. The van der Waals surface area contributed by atoms with E-state index in [1.54, 1.807) is 32.9 Å². The second-order valence-corrected chi connectivity index (χ2v) is 18.8. The Hall–Kier alpha value is -3.93. The molecule has 4 aromatic rings. The molecule has 0 spiro atoms. The first kappa shape index (κ1) is 34.2. The highest BCUT2D eigenvalue weighted by Gasteiger charge is 2.47. The molecule has 0 saturated heterocycles. The summed E-state index contributed by atoms with van der Waals surface area (Å²) in [5.74, 6) is 0.946. The number of aryl methyl sites for hydroxylation is 2. The highest BCUT2D eigenvalue weighted by Crippen LogP contribution is 2.43. The molecule has 4 aliphatic rings. The van der Waals surface area contributed by atoms with Crippen molar-refractivity contribution in [3.05, 3.63) is 119 Å². The monoisotopic (exact) mass is 738 g/mol. The van der Waals surface area contributed by atoms with Crippen LogP contribution >= 0.6 is 11.8 Å². The number of sulfonamides is 2. The second-order valence-electron chi connectivity index (χ2n) is 14.1. The number of hydrogen-bond donors (Lipinski definition) is 0. The Morgan fingerprint density at radius 1 is 0.529 bits per heavy atom. The summed E-state index contributed by atoms with van der Waals surface area (Å²) in [6.07, 6.45) is 7.17. The lowest BCUT2D eigenvalue weighted by Crippen LogP contribution is -2.45. The van der Waals surface area contributed by atoms with Crippen molar-refractivity contribution in [2.75, 3.05) is 0 Å². The van der Waals surface area contributed by atoms with Gasteiger partial charge < -0.3 is 0 Å². The molecule has 0 unspecified atom stereocenters. The summed E-state index contributed by atoms with van der Waals surface area (Å²) in [6.45, 7) is 3.90. The lowest BCUT2D eigenvalue weighted by atomic mass is 9.92. The molecule has 4 aromatic carbocycles. The van der Waals surface area contributed by atoms with Crippen LogP contribution in [-0.2, 0) is 20.0 Å². The minimum absolute atomic E-state index is 0.101. The van der Waals surface area contributed by atoms with Gasteiger partial charge in [-0.2, -0.15) is 0 Å². The van der Waals surface area contributed by atoms with Gasteiger partial charge in [-0.25, -0.2) is 25.4 Å². The molecule has 2 aliphatic heterocycles. The zero-order valence-corrected chi connectivity index (χ0v) is 31.3. The minimum Gasteiger partial charge on any atom is -0.261 e. The molecule has 0 radical (unpaired) electrons. The maximum atomic E-state index is 14.4. The Balaban J connectivity index is 1.20. The molecular weight excluding hydrogens is 697 g/mol. The van der Waals surface area contributed by atoms with Crippen molar-refractivity contribution >= 4 is 43.5 Å². The fourth-order valence-electron chi connectivity index (χ4n) is 7.98. The largest absolute Gasteiger partial charge is 0.265 e. The lowest BCUT2D eigenvalue weighted by Gasteiger charge is -2.33. The molecule has 8 nitrogen and oxygen atoms in total. The normalized spacial score (nSPS) is 23.4. The third kappa shape index (κ3) is 6.21. The molecule has 51 heavy (non-hydrogen) atoms. The van der Waals surface area contributed by atoms with Crippen LogP contribution in [0.15, 0.2) is 127 Å². The molecule has 0 aromatic heterocycles. The highest BCUT2D eigenvalue weighted by molar-refractivity contribution is 7.99. The van der Waals surface area contributed by atoms with Gasteiger partial charge in [-0.05, 0) is 75.9 Å². The Morgan fingerprint density at radius 2 is 0.902 bits per heavy atom. The Kier molecular flexibility index (Phi) is 9.09. The van der Waals surface area contributed by atoms with Crippen molar-refractivity contribution in [2.24, 2.45) is 9.98 Å². The van der Waals surface area contributed by atoms with Crippen molar-refractivity contribution in [3.8, 4) is 0 Å². The van der Waals surface area contributed by atoms with E-state index in [0.29, 0.717) is 11.7 Å². The third-order valence-electron chi connectivity index (χ3n) is 10.6. The predicted molar refractivity (Wildman–Crippen MR) is 203 cm³/mol. The van der Waals surface area contributed by atoms with E-state index in [9.17, 15) is 16.8 Å². The molecule has 8 rings (SSSR count). The fraction of sp³-hybridized carbons (Fsp3) is 0.350. The zero-order chi connectivity index (χ0) is 35.3. The van der Waals surface area contributed by atoms with Crippen molar-refractivity contribution in [3.63, 3.8) is 0 Å². The molecule has 0 bridgehead atoms. The summed E-state index contributed by atoms with van der Waals surface area (Å²) in [7, 11) is -7.80. The molecule has 0 amide bonds. The van der Waals surface area contributed by atoms with Crippen LogP contribution in [0, 0.1) is 13.8 Å². The van der Waals surface area contributed by atoms with Crippen molar-refractivity contribution in [2.45, 2.75) is 109 Å². The van der Waals surface area contributed by atoms with Crippen LogP contribution in [0.4, 0.5) is 0 Å². The standard InChI is InChI=1S/C40H42N4O4S3/c1-27-19-23-29(24-20-27)50(45,46)43-35-15-7-5-13-33(35)41-39(43)31-11-3-9-17-37(31)49-38-18-10-4-12-32(38)40-42-34-14-6-8-16-36(34)44(40)51(47,48)30-25-21-28(2)22-26-30/h3-4,9-12,17-26,33-36H,5-8,13-16H2,1-2H3/t33-,34-,35-,36-/m0/s1. The Morgan fingerprint density at radius 3 is 1.31 bits per heavy atom. The van der Waals surface area contributed by atoms with Crippen LogP contribution in [0.25, 0.3) is 0 Å². The van der Waals surface area contributed by atoms with Gasteiger partial charge in [0.15, 0.2) is 0 Å². The number of amidine groups is 2. The van der Waals surface area contributed by atoms with Gasteiger partial charge in [-0.1, -0.05) is 109 Å². The van der Waals surface area contributed by atoms with Crippen LogP contribution in [0.1, 0.15) is 73.6 Å². The maximum Gasteiger partial charge on any atom is 0.265 e. The molecule has 2 saturated carbocycles. The third-order valence-corrected chi connectivity index (χ3v) is 15.4. The Bertz CT molecular complexity index is 2080. The van der Waals surface area contributed by atoms with Crippen molar-refractivity contribution < 1.29 is 16.8 Å². The van der Waals surface area contributed by atoms with Crippen LogP contribution < -0.4 is 0 Å². The van der Waals surface area contributed by atoms with E-state index < -0.39 is 20.0 Å². The average Bonchev–Trinajstić information content (AvgIpc) is 3.73. The summed E-state index contributed by atoms with van der Waals surface area (Å²) in [4.78, 5) is 12.5. The molecule has 2 fully saturated rings. The first-order chi connectivity index (χ1) is 24.6. The summed E-state index contributed by atoms with van der Waals surface area (Å²) < 4.78 is 60.9. The van der Waals surface area contributed by atoms with Gasteiger partial charge >= 0.3 is 0 Å². The van der Waals surface area contributed by atoms with E-state index in [0.717, 1.165) is 83.4 Å². The SMILES string of the molecule is Cc1ccc(S(=O)(=O)N2C(c3ccccc3Sc3ccccc3C3=N[C@H]4CCCC[C@@H]4N3S(=O)(=O)c3ccc(C)cc3)=N[C@H]3CCCC[C@@H]32)cc1. The molecule has 11 heteroatoms. The number of hydrogen-bond acceptors (Lipinski definition) is 7. The quantitative estimate of drug-likeness (QED) is 0.183. The van der Waals surface area contributed by atoms with Crippen LogP contribution in [0.2, 0.25) is 0 Å². The maximum absolute atomic E-state index is 14.4. The number of benzene rings is 4. The number of aliphatic imine (C=N–C) groups is 2. The molecule has 4 atom stereocenters. The van der Waals surface area contributed by atoms with Gasteiger partial charge in [-0.15, -0.1) is 0 Å². The molecule has 0 N–H and O–H groups in total. The molecular formula is C40H42N4O4S3. The van der Waals surface area contributed by atoms with Crippen molar-refractivity contribution in [1.29, 1.82) is 0 Å². The van der Waals surface area contributed by atoms with E-state index in [1.165, 1.54) is 11.8 Å². The smallest absolute Gasteiger partial charge is 0.261 e. The van der Waals surface area contributed by atoms with Crippen LogP contribution in [0.3, 0.4) is 0 Å². The number of rotatable bonds is 8. The zero-order valence-electron chi connectivity index (χ0n) is 28.9. The predicted octanol–water partition coefficient (Wildman–Crippen LogP) is 7.98. The van der Waals surface area contributed by atoms with Gasteiger partial charge in [0.05, 0.1) is 34.0 Å². The molecule has 2 heterocycles. The van der Waals surface area contributed by atoms with Gasteiger partial charge in [0, 0.05) is 20.9 Å². The van der Waals surface area contributed by atoms with Crippen LogP contribution in [0.5, 0.6) is 0 Å². The second kappa shape index (κ2) is 13.6. The van der Waals surface area contributed by atoms with Gasteiger partial charge in [0.2, 0.25) is 0 Å². The topological polar surface area (TPSA) is 99.5 Å². The average molecular weight is 739 g/mol. The van der Waals surface area contributed by atoms with E-state index in [4.69, 9.17) is 9.98 Å².